The van der Waals surface area contributed by atoms with E-state index in [4.69, 9.17) is 9.47 Å². The van der Waals surface area contributed by atoms with Crippen molar-refractivity contribution in [2.45, 2.75) is 6.92 Å². The Labute approximate surface area is 106 Å². The summed E-state index contributed by atoms with van der Waals surface area (Å²) in [6.07, 6.45) is 1.71. The van der Waals surface area contributed by atoms with Gasteiger partial charge in [-0.15, -0.1) is 0 Å². The van der Waals surface area contributed by atoms with Crippen molar-refractivity contribution in [3.8, 4) is 11.5 Å². The average molecular weight is 245 g/mol. The number of ketones is 1. The third-order valence-corrected chi connectivity index (χ3v) is 2.41. The number of H-pyrrole nitrogens is 1. The monoisotopic (exact) mass is 245 g/mol. The zero-order chi connectivity index (χ0) is 12.8. The van der Waals surface area contributed by atoms with Gasteiger partial charge in [0, 0.05) is 6.20 Å². The van der Waals surface area contributed by atoms with Gasteiger partial charge in [-0.25, -0.2) is 0 Å². The van der Waals surface area contributed by atoms with Crippen LogP contribution in [0.3, 0.4) is 0 Å². The number of rotatable bonds is 6. The Kier molecular flexibility index (Phi) is 4.02. The molecular formula is C14H15NO3. The van der Waals surface area contributed by atoms with E-state index >= 15 is 0 Å². The second kappa shape index (κ2) is 5.91. The number of benzene rings is 1. The summed E-state index contributed by atoms with van der Waals surface area (Å²) in [7, 11) is 0. The Morgan fingerprint density at radius 1 is 1.11 bits per heavy atom. The molecule has 4 nitrogen and oxygen atoms in total. The summed E-state index contributed by atoms with van der Waals surface area (Å²) in [5.41, 5.74) is 0.545. The molecule has 1 heterocycles. The summed E-state index contributed by atoms with van der Waals surface area (Å²) in [5, 5.41) is 0. The predicted molar refractivity (Wildman–Crippen MR) is 68.2 cm³/mol. The highest BCUT2D eigenvalue weighted by molar-refractivity contribution is 5.95. The molecular weight excluding hydrogens is 230 g/mol. The largest absolute Gasteiger partial charge is 0.490 e. The summed E-state index contributed by atoms with van der Waals surface area (Å²) in [4.78, 5) is 14.6. The van der Waals surface area contributed by atoms with Crippen LogP contribution in [-0.4, -0.2) is 24.0 Å². The Morgan fingerprint density at radius 3 is 2.44 bits per heavy atom. The molecule has 0 unspecified atom stereocenters. The van der Waals surface area contributed by atoms with Gasteiger partial charge in [-0.05, 0) is 31.2 Å². The minimum Gasteiger partial charge on any atom is -0.490 e. The molecule has 0 amide bonds. The van der Waals surface area contributed by atoms with Gasteiger partial charge < -0.3 is 14.5 Å². The molecule has 0 saturated carbocycles. The minimum atomic E-state index is -0.0914. The first-order valence-electron chi connectivity index (χ1n) is 5.82. The number of nitrogens with one attached hydrogen (secondary N) is 1. The number of ether oxygens (including phenoxy) is 2. The number of aromatic nitrogens is 1. The molecule has 1 aromatic heterocycles. The lowest BCUT2D eigenvalue weighted by atomic mass is 10.3. The van der Waals surface area contributed by atoms with Gasteiger partial charge >= 0.3 is 0 Å². The number of hydrogen-bond donors (Lipinski definition) is 1. The fourth-order valence-electron chi connectivity index (χ4n) is 1.57. The molecule has 0 radical (unpaired) electrons. The lowest BCUT2D eigenvalue weighted by Crippen LogP contribution is -2.12. The normalized spacial score (nSPS) is 10.1. The molecule has 0 spiro atoms. The number of aromatic amines is 1. The van der Waals surface area contributed by atoms with Crippen LogP contribution >= 0.6 is 0 Å². The highest BCUT2D eigenvalue weighted by Gasteiger charge is 2.09. The molecule has 0 aliphatic rings. The maximum atomic E-state index is 11.8. The van der Waals surface area contributed by atoms with Crippen molar-refractivity contribution in [3.05, 3.63) is 48.3 Å². The van der Waals surface area contributed by atoms with Crippen LogP contribution in [0.15, 0.2) is 42.6 Å². The SMILES string of the molecule is CCOc1ccccc1OCC(=O)c1ccc[nH]1. The maximum absolute atomic E-state index is 11.8. The molecule has 2 aromatic rings. The fraction of sp³-hybridized carbons (Fsp3) is 0.214. The van der Waals surface area contributed by atoms with Gasteiger partial charge in [0.05, 0.1) is 12.3 Å². The topological polar surface area (TPSA) is 51.3 Å². The summed E-state index contributed by atoms with van der Waals surface area (Å²) in [5.74, 6) is 1.14. The van der Waals surface area contributed by atoms with E-state index in [1.807, 2.05) is 25.1 Å². The molecule has 1 aromatic carbocycles. The summed E-state index contributed by atoms with van der Waals surface area (Å²) in [6, 6.07) is 10.8. The van der Waals surface area contributed by atoms with Gasteiger partial charge in [-0.1, -0.05) is 12.1 Å². The second-order valence-corrected chi connectivity index (χ2v) is 3.68. The number of hydrogen-bond acceptors (Lipinski definition) is 3. The minimum absolute atomic E-state index is 0.00932. The van der Waals surface area contributed by atoms with Crippen LogP contribution in [0.1, 0.15) is 17.4 Å². The first-order valence-corrected chi connectivity index (χ1v) is 5.82. The third-order valence-electron chi connectivity index (χ3n) is 2.41. The van der Waals surface area contributed by atoms with Crippen molar-refractivity contribution < 1.29 is 14.3 Å². The van der Waals surface area contributed by atoms with Crippen molar-refractivity contribution >= 4 is 5.78 Å². The highest BCUT2D eigenvalue weighted by atomic mass is 16.5. The van der Waals surface area contributed by atoms with E-state index in [9.17, 15) is 4.79 Å². The summed E-state index contributed by atoms with van der Waals surface area (Å²) < 4.78 is 10.9. The van der Waals surface area contributed by atoms with Crippen LogP contribution in [0.5, 0.6) is 11.5 Å². The number of carbonyl (C=O) groups excluding carboxylic acids is 1. The van der Waals surface area contributed by atoms with Gasteiger partial charge in [-0.3, -0.25) is 4.79 Å². The standard InChI is InChI=1S/C14H15NO3/c1-2-17-13-7-3-4-8-14(13)18-10-12(16)11-6-5-9-15-11/h3-9,15H,2,10H2,1H3. The molecule has 0 bridgehead atoms. The third kappa shape index (κ3) is 2.91. The van der Waals surface area contributed by atoms with E-state index in [0.717, 1.165) is 0 Å². The van der Waals surface area contributed by atoms with Gasteiger partial charge in [-0.2, -0.15) is 0 Å². The number of carbonyl (C=O) groups is 1. The van der Waals surface area contributed by atoms with Crippen molar-refractivity contribution in [3.63, 3.8) is 0 Å². The van der Waals surface area contributed by atoms with Crippen molar-refractivity contribution in [2.24, 2.45) is 0 Å². The Morgan fingerprint density at radius 2 is 1.83 bits per heavy atom. The number of Topliss-reactive ketones (excluding diaryl/α,β-unsaturated/α-hetero) is 1. The fourth-order valence-corrected chi connectivity index (χ4v) is 1.57. The first kappa shape index (κ1) is 12.2. The summed E-state index contributed by atoms with van der Waals surface area (Å²) >= 11 is 0. The van der Waals surface area contributed by atoms with Crippen LogP contribution in [0.25, 0.3) is 0 Å². The number of para-hydroxylation sites is 2. The predicted octanol–water partition coefficient (Wildman–Crippen LogP) is 2.68. The summed E-state index contributed by atoms with van der Waals surface area (Å²) in [6.45, 7) is 2.45. The van der Waals surface area contributed by atoms with E-state index in [2.05, 4.69) is 4.98 Å². The molecule has 0 atom stereocenters. The molecule has 1 N–H and O–H groups in total. The van der Waals surface area contributed by atoms with Gasteiger partial charge in [0.15, 0.2) is 18.1 Å². The molecule has 0 aliphatic carbocycles. The van der Waals surface area contributed by atoms with E-state index < -0.39 is 0 Å². The van der Waals surface area contributed by atoms with Crippen LogP contribution in [0.2, 0.25) is 0 Å². The van der Waals surface area contributed by atoms with Crippen molar-refractivity contribution in [1.82, 2.24) is 4.98 Å². The molecule has 18 heavy (non-hydrogen) atoms. The lowest BCUT2D eigenvalue weighted by Gasteiger charge is -2.10. The average Bonchev–Trinajstić information content (AvgIpc) is 2.92. The molecule has 2 rings (SSSR count). The lowest BCUT2D eigenvalue weighted by molar-refractivity contribution is 0.0914. The van der Waals surface area contributed by atoms with E-state index in [1.165, 1.54) is 0 Å². The smallest absolute Gasteiger partial charge is 0.216 e. The molecule has 0 fully saturated rings. The zero-order valence-corrected chi connectivity index (χ0v) is 10.2. The van der Waals surface area contributed by atoms with Gasteiger partial charge in [0.1, 0.15) is 0 Å². The molecule has 0 aliphatic heterocycles. The zero-order valence-electron chi connectivity index (χ0n) is 10.2. The van der Waals surface area contributed by atoms with Crippen LogP contribution in [-0.2, 0) is 0 Å². The van der Waals surface area contributed by atoms with Crippen LogP contribution in [0, 0.1) is 0 Å². The Hall–Kier alpha value is -2.23. The van der Waals surface area contributed by atoms with Gasteiger partial charge in [0.2, 0.25) is 5.78 Å². The van der Waals surface area contributed by atoms with E-state index in [-0.39, 0.29) is 12.4 Å². The first-order chi connectivity index (χ1) is 8.81. The van der Waals surface area contributed by atoms with E-state index in [0.29, 0.717) is 23.8 Å². The quantitative estimate of drug-likeness (QED) is 0.796. The van der Waals surface area contributed by atoms with Crippen molar-refractivity contribution in [2.75, 3.05) is 13.2 Å². The Balaban J connectivity index is 2.00. The molecule has 0 saturated heterocycles. The molecule has 4 heteroatoms. The van der Waals surface area contributed by atoms with Crippen LogP contribution in [0.4, 0.5) is 0 Å². The van der Waals surface area contributed by atoms with E-state index in [1.54, 1.807) is 24.4 Å². The molecule has 94 valence electrons. The van der Waals surface area contributed by atoms with Crippen LogP contribution < -0.4 is 9.47 Å². The van der Waals surface area contributed by atoms with Gasteiger partial charge in [0.25, 0.3) is 0 Å². The highest BCUT2D eigenvalue weighted by Crippen LogP contribution is 2.26. The maximum Gasteiger partial charge on any atom is 0.216 e. The Bertz CT molecular complexity index is 506. The second-order valence-electron chi connectivity index (χ2n) is 3.68. The van der Waals surface area contributed by atoms with Crippen molar-refractivity contribution in [1.29, 1.82) is 0 Å².